The number of hydrogen-bond donors (Lipinski definition) is 1. The van der Waals surface area contributed by atoms with Crippen LogP contribution in [-0.4, -0.2) is 5.50 Å². The van der Waals surface area contributed by atoms with Gasteiger partial charge in [-0.3, -0.25) is 0 Å². The lowest BCUT2D eigenvalue weighted by Gasteiger charge is -2.08. The molecular formula is C14H13ClN2. The molecule has 0 aliphatic carbocycles. The molecule has 86 valence electrons. The van der Waals surface area contributed by atoms with Crippen LogP contribution in [0.15, 0.2) is 54.6 Å². The Hall–Kier alpha value is -1.67. The number of para-hydroxylation sites is 2. The number of nitrogen functional groups attached to an aromatic ring is 1. The molecule has 0 bridgehead atoms. The fourth-order valence-corrected chi connectivity index (χ4v) is 2.61. The smallest absolute Gasteiger partial charge is 0.129 e. The van der Waals surface area contributed by atoms with Gasteiger partial charge in [-0.2, -0.15) is 0 Å². The standard InChI is InChI=1S/C14H13ClN2/c15-14-13(10-6-2-1-3-7-10)17(14)12-9-5-4-8-11(12)16/h1-9,13-14H,16H2. The monoisotopic (exact) mass is 244 g/mol. The highest BCUT2D eigenvalue weighted by Crippen LogP contribution is 2.50. The van der Waals surface area contributed by atoms with Crippen molar-refractivity contribution in [2.45, 2.75) is 11.5 Å². The Morgan fingerprint density at radius 2 is 1.59 bits per heavy atom. The van der Waals surface area contributed by atoms with Crippen molar-refractivity contribution in [1.29, 1.82) is 0 Å². The number of anilines is 2. The van der Waals surface area contributed by atoms with E-state index in [-0.39, 0.29) is 11.5 Å². The zero-order chi connectivity index (χ0) is 11.8. The fourth-order valence-electron chi connectivity index (χ4n) is 2.18. The molecular weight excluding hydrogens is 232 g/mol. The van der Waals surface area contributed by atoms with Crippen LogP contribution in [0.25, 0.3) is 0 Å². The Kier molecular flexibility index (Phi) is 2.45. The van der Waals surface area contributed by atoms with E-state index in [2.05, 4.69) is 17.0 Å². The quantitative estimate of drug-likeness (QED) is 0.380. The molecule has 1 aliphatic heterocycles. The molecule has 0 aromatic heterocycles. The maximum atomic E-state index is 6.33. The predicted molar refractivity (Wildman–Crippen MR) is 72.2 cm³/mol. The van der Waals surface area contributed by atoms with Crippen LogP contribution < -0.4 is 10.6 Å². The topological polar surface area (TPSA) is 29.0 Å². The summed E-state index contributed by atoms with van der Waals surface area (Å²) in [6, 6.07) is 18.3. The number of hydrogen-bond acceptors (Lipinski definition) is 2. The zero-order valence-electron chi connectivity index (χ0n) is 9.25. The molecule has 3 heteroatoms. The lowest BCUT2D eigenvalue weighted by molar-refractivity contribution is 1.12. The van der Waals surface area contributed by atoms with Crippen molar-refractivity contribution < 1.29 is 0 Å². The summed E-state index contributed by atoms with van der Waals surface area (Å²) in [5.41, 5.74) is 8.99. The Morgan fingerprint density at radius 3 is 2.29 bits per heavy atom. The van der Waals surface area contributed by atoms with E-state index in [0.717, 1.165) is 11.4 Å². The Labute approximate surface area is 106 Å². The molecule has 2 N–H and O–H groups in total. The van der Waals surface area contributed by atoms with Crippen LogP contribution in [0.3, 0.4) is 0 Å². The van der Waals surface area contributed by atoms with E-state index in [0.29, 0.717) is 0 Å². The van der Waals surface area contributed by atoms with E-state index >= 15 is 0 Å². The van der Waals surface area contributed by atoms with Crippen LogP contribution in [0.4, 0.5) is 11.4 Å². The zero-order valence-corrected chi connectivity index (χ0v) is 10.0. The van der Waals surface area contributed by atoms with E-state index < -0.39 is 0 Å². The molecule has 3 rings (SSSR count). The maximum Gasteiger partial charge on any atom is 0.129 e. The molecule has 0 spiro atoms. The van der Waals surface area contributed by atoms with Gasteiger partial charge in [0, 0.05) is 0 Å². The minimum absolute atomic E-state index is 0.00194. The van der Waals surface area contributed by atoms with Gasteiger partial charge in [-0.15, -0.1) is 0 Å². The molecule has 1 saturated heterocycles. The summed E-state index contributed by atoms with van der Waals surface area (Å²) < 4.78 is 0. The highest BCUT2D eigenvalue weighted by atomic mass is 35.5. The third kappa shape index (κ3) is 1.75. The number of halogens is 1. The van der Waals surface area contributed by atoms with Crippen molar-refractivity contribution in [2.75, 3.05) is 10.6 Å². The molecule has 1 aliphatic rings. The van der Waals surface area contributed by atoms with Gasteiger partial charge in [-0.1, -0.05) is 54.1 Å². The summed E-state index contributed by atoms with van der Waals surface area (Å²) in [5, 5.41) is 0. The number of rotatable bonds is 2. The molecule has 1 fully saturated rings. The molecule has 2 aromatic rings. The summed E-state index contributed by atoms with van der Waals surface area (Å²) in [4.78, 5) is 2.13. The lowest BCUT2D eigenvalue weighted by atomic mass is 10.1. The summed E-state index contributed by atoms with van der Waals surface area (Å²) >= 11 is 6.33. The normalized spacial score (nSPS) is 22.5. The van der Waals surface area contributed by atoms with Crippen LogP contribution in [0, 0.1) is 0 Å². The predicted octanol–water partition coefficient (Wildman–Crippen LogP) is 3.40. The number of alkyl halides is 1. The summed E-state index contributed by atoms with van der Waals surface area (Å²) in [6.45, 7) is 0. The van der Waals surface area contributed by atoms with Gasteiger partial charge in [0.1, 0.15) is 5.50 Å². The highest BCUT2D eigenvalue weighted by molar-refractivity contribution is 6.25. The maximum absolute atomic E-state index is 6.33. The lowest BCUT2D eigenvalue weighted by Crippen LogP contribution is -1.99. The minimum Gasteiger partial charge on any atom is -0.397 e. The second-order valence-electron chi connectivity index (χ2n) is 4.19. The Bertz CT molecular complexity index is 527. The second-order valence-corrected chi connectivity index (χ2v) is 4.64. The third-order valence-electron chi connectivity index (χ3n) is 3.09. The molecule has 2 atom stereocenters. The van der Waals surface area contributed by atoms with Gasteiger partial charge in [-0.25, -0.2) is 0 Å². The van der Waals surface area contributed by atoms with Gasteiger partial charge in [0.15, 0.2) is 0 Å². The van der Waals surface area contributed by atoms with Crippen molar-refractivity contribution in [2.24, 2.45) is 0 Å². The molecule has 2 nitrogen and oxygen atoms in total. The van der Waals surface area contributed by atoms with Crippen LogP contribution in [0.5, 0.6) is 0 Å². The van der Waals surface area contributed by atoms with Crippen LogP contribution in [0.1, 0.15) is 11.6 Å². The SMILES string of the molecule is Nc1ccccc1N1C(Cl)C1c1ccccc1. The Balaban J connectivity index is 1.91. The van der Waals surface area contributed by atoms with E-state index in [1.54, 1.807) is 0 Å². The van der Waals surface area contributed by atoms with Crippen molar-refractivity contribution in [1.82, 2.24) is 0 Å². The second kappa shape index (κ2) is 3.97. The van der Waals surface area contributed by atoms with Crippen LogP contribution in [-0.2, 0) is 0 Å². The molecule has 1 heterocycles. The first kappa shape index (κ1) is 10.5. The summed E-state index contributed by atoms with van der Waals surface area (Å²) in [5.74, 6) is 0. The van der Waals surface area contributed by atoms with E-state index in [1.165, 1.54) is 5.56 Å². The number of benzene rings is 2. The van der Waals surface area contributed by atoms with Crippen molar-refractivity contribution in [3.63, 3.8) is 0 Å². The summed E-state index contributed by atoms with van der Waals surface area (Å²) in [6.07, 6.45) is 0. The van der Waals surface area contributed by atoms with Gasteiger partial charge >= 0.3 is 0 Å². The van der Waals surface area contributed by atoms with Crippen LogP contribution >= 0.6 is 11.6 Å². The minimum atomic E-state index is 0.00194. The first-order chi connectivity index (χ1) is 8.29. The molecule has 2 unspecified atom stereocenters. The first-order valence-corrected chi connectivity index (χ1v) is 6.04. The average molecular weight is 245 g/mol. The first-order valence-electron chi connectivity index (χ1n) is 5.61. The van der Waals surface area contributed by atoms with Crippen LogP contribution in [0.2, 0.25) is 0 Å². The average Bonchev–Trinajstić information content (AvgIpc) is 3.02. The number of nitrogens with two attached hydrogens (primary N) is 1. The van der Waals surface area contributed by atoms with Gasteiger partial charge in [-0.05, 0) is 17.7 Å². The van der Waals surface area contributed by atoms with E-state index in [1.807, 2.05) is 42.5 Å². The highest BCUT2D eigenvalue weighted by Gasteiger charge is 2.47. The van der Waals surface area contributed by atoms with Crippen molar-refractivity contribution in [3.05, 3.63) is 60.2 Å². The van der Waals surface area contributed by atoms with Gasteiger partial charge in [0.05, 0.1) is 17.4 Å². The van der Waals surface area contributed by atoms with Crippen molar-refractivity contribution >= 4 is 23.0 Å². The summed E-state index contributed by atoms with van der Waals surface area (Å²) in [7, 11) is 0. The van der Waals surface area contributed by atoms with E-state index in [4.69, 9.17) is 17.3 Å². The van der Waals surface area contributed by atoms with Crippen molar-refractivity contribution in [3.8, 4) is 0 Å². The van der Waals surface area contributed by atoms with Gasteiger partial charge in [0.2, 0.25) is 0 Å². The molecule has 0 radical (unpaired) electrons. The number of nitrogens with zero attached hydrogens (tertiary/aromatic N) is 1. The fraction of sp³-hybridized carbons (Fsp3) is 0.143. The molecule has 0 amide bonds. The molecule has 0 saturated carbocycles. The van der Waals surface area contributed by atoms with Gasteiger partial charge in [0.25, 0.3) is 0 Å². The van der Waals surface area contributed by atoms with Gasteiger partial charge < -0.3 is 10.6 Å². The Morgan fingerprint density at radius 1 is 0.941 bits per heavy atom. The molecule has 17 heavy (non-hydrogen) atoms. The largest absolute Gasteiger partial charge is 0.397 e. The van der Waals surface area contributed by atoms with E-state index in [9.17, 15) is 0 Å². The third-order valence-corrected chi connectivity index (χ3v) is 3.54. The molecule has 2 aromatic carbocycles.